The lowest BCUT2D eigenvalue weighted by Gasteiger charge is -2.58. The summed E-state index contributed by atoms with van der Waals surface area (Å²) in [6.45, 7) is 6.66. The van der Waals surface area contributed by atoms with Crippen molar-refractivity contribution in [1.82, 2.24) is 15.2 Å². The number of nitrogens with one attached hydrogen (secondary N) is 2. The zero-order valence-corrected chi connectivity index (χ0v) is 29.6. The van der Waals surface area contributed by atoms with Gasteiger partial charge in [-0.2, -0.15) is 24.9 Å². The number of carbonyl (C=O) groups excluding carboxylic acids is 2. The summed E-state index contributed by atoms with van der Waals surface area (Å²) in [5, 5.41) is 4.82. The van der Waals surface area contributed by atoms with Crippen LogP contribution in [-0.2, 0) is 22.3 Å². The van der Waals surface area contributed by atoms with Gasteiger partial charge in [-0.25, -0.2) is 0 Å². The molecule has 2 aromatic carbocycles. The third-order valence-electron chi connectivity index (χ3n) is 13.3. The van der Waals surface area contributed by atoms with Crippen LogP contribution in [-0.4, -0.2) is 44.3 Å². The van der Waals surface area contributed by atoms with Crippen LogP contribution >= 0.6 is 11.8 Å². The minimum Gasteiger partial charge on any atom is -0.358 e. The van der Waals surface area contributed by atoms with Crippen molar-refractivity contribution in [2.75, 3.05) is 11.5 Å². The van der Waals surface area contributed by atoms with Gasteiger partial charge in [-0.15, -0.1) is 0 Å². The molecular weight excluding hydrogens is 644 g/mol. The Balaban J connectivity index is 1.12. The van der Waals surface area contributed by atoms with Crippen molar-refractivity contribution >= 4 is 34.5 Å². The minimum atomic E-state index is -4.44. The molecule has 262 valence electrons. The Hall–Kier alpha value is -2.94. The van der Waals surface area contributed by atoms with Gasteiger partial charge >= 0.3 is 6.18 Å². The number of benzene rings is 2. The number of thioether (sulfide) groups is 1. The van der Waals surface area contributed by atoms with Crippen molar-refractivity contribution in [3.8, 4) is 0 Å². The Morgan fingerprint density at radius 2 is 1.55 bits per heavy atom. The van der Waals surface area contributed by atoms with Crippen LogP contribution in [0.1, 0.15) is 99.9 Å². The van der Waals surface area contributed by atoms with Gasteiger partial charge in [-0.3, -0.25) is 9.59 Å². The molecule has 1 saturated heterocycles. The number of nitrogens with zero attached hydrogens (tertiary/aromatic N) is 1. The molecule has 2 unspecified atom stereocenters. The van der Waals surface area contributed by atoms with Gasteiger partial charge < -0.3 is 15.2 Å². The second kappa shape index (κ2) is 11.8. The summed E-state index contributed by atoms with van der Waals surface area (Å²) in [6, 6.07) is 13.4. The number of aromatic nitrogens is 1. The van der Waals surface area contributed by atoms with E-state index in [-0.39, 0.29) is 47.6 Å². The summed E-state index contributed by atoms with van der Waals surface area (Å²) in [7, 11) is 0. The van der Waals surface area contributed by atoms with E-state index in [1.54, 1.807) is 16.7 Å². The maximum atomic E-state index is 14.9. The zero-order valence-electron chi connectivity index (χ0n) is 28.8. The third-order valence-corrected chi connectivity index (χ3v) is 14.3. The fraction of sp³-hybridized carbons (Fsp3) is 0.600. The van der Waals surface area contributed by atoms with Gasteiger partial charge in [-0.05, 0) is 134 Å². The molecule has 2 N–H and O–H groups in total. The van der Waals surface area contributed by atoms with Gasteiger partial charge in [0.2, 0.25) is 11.8 Å². The highest BCUT2D eigenvalue weighted by atomic mass is 32.2. The molecule has 1 aliphatic heterocycles. The van der Waals surface area contributed by atoms with Gasteiger partial charge in [0.25, 0.3) is 0 Å². The molecule has 0 radical (unpaired) electrons. The van der Waals surface area contributed by atoms with Crippen molar-refractivity contribution in [3.05, 3.63) is 70.9 Å². The van der Waals surface area contributed by atoms with E-state index in [9.17, 15) is 22.8 Å². The van der Waals surface area contributed by atoms with Crippen molar-refractivity contribution in [3.63, 3.8) is 0 Å². The molecule has 9 heteroatoms. The number of para-hydroxylation sites is 1. The summed E-state index contributed by atoms with van der Waals surface area (Å²) >= 11 is 1.81. The number of halogens is 3. The van der Waals surface area contributed by atoms with Crippen LogP contribution in [0.15, 0.2) is 48.5 Å². The Morgan fingerprint density at radius 3 is 2.16 bits per heavy atom. The number of aromatic amines is 1. The lowest BCUT2D eigenvalue weighted by Crippen LogP contribution is -2.68. The fourth-order valence-electron chi connectivity index (χ4n) is 11.1. The summed E-state index contributed by atoms with van der Waals surface area (Å²) in [5.74, 6) is 3.64. The molecule has 0 spiro atoms. The van der Waals surface area contributed by atoms with Crippen molar-refractivity contribution in [1.29, 1.82) is 0 Å². The van der Waals surface area contributed by atoms with E-state index in [0.29, 0.717) is 36.2 Å². The largest absolute Gasteiger partial charge is 0.416 e. The number of rotatable bonds is 8. The van der Waals surface area contributed by atoms with Gasteiger partial charge in [0, 0.05) is 35.1 Å². The molecule has 49 heavy (non-hydrogen) atoms. The normalized spacial score (nSPS) is 31.1. The van der Waals surface area contributed by atoms with Crippen LogP contribution in [0.4, 0.5) is 13.2 Å². The standard InChI is InChI=1S/C40H48F3N3O2S/c1-24-34(30-6-4-5-7-32(30)44-24)35-31(37(35,2)3)19-33(47)46(23-25-8-10-29(11-9-25)40(41,42)43)39(12-14-49-15-13-39)36(48)45-38-20-26-16-27(21-38)18-28(17-26)22-38/h4-11,26-28,31,35,44H,12-23H2,1-3H3,(H,45,48). The molecule has 3 aromatic rings. The summed E-state index contributed by atoms with van der Waals surface area (Å²) in [4.78, 5) is 35.2. The predicted molar refractivity (Wildman–Crippen MR) is 188 cm³/mol. The molecule has 5 aliphatic carbocycles. The molecule has 2 atom stereocenters. The van der Waals surface area contributed by atoms with E-state index in [1.807, 2.05) is 12.1 Å². The quantitative estimate of drug-likeness (QED) is 0.248. The molecule has 5 saturated carbocycles. The number of amides is 2. The number of alkyl halides is 3. The number of hydrogen-bond acceptors (Lipinski definition) is 3. The molecule has 1 aromatic heterocycles. The number of H-pyrrole nitrogens is 1. The second-order valence-corrected chi connectivity index (χ2v) is 18.0. The van der Waals surface area contributed by atoms with E-state index in [1.165, 1.54) is 42.3 Å². The lowest BCUT2D eigenvalue weighted by molar-refractivity contribution is -0.153. The smallest absolute Gasteiger partial charge is 0.358 e. The van der Waals surface area contributed by atoms with Gasteiger partial charge in [-0.1, -0.05) is 44.2 Å². The molecule has 5 nitrogen and oxygen atoms in total. The monoisotopic (exact) mass is 691 g/mol. The van der Waals surface area contributed by atoms with Crippen LogP contribution in [0.5, 0.6) is 0 Å². The fourth-order valence-corrected chi connectivity index (χ4v) is 12.3. The van der Waals surface area contributed by atoms with Gasteiger partial charge in [0.1, 0.15) is 5.54 Å². The van der Waals surface area contributed by atoms with E-state index in [4.69, 9.17) is 0 Å². The van der Waals surface area contributed by atoms with Crippen molar-refractivity contribution in [2.45, 2.75) is 108 Å². The first-order chi connectivity index (χ1) is 23.3. The number of hydrogen-bond donors (Lipinski definition) is 2. The predicted octanol–water partition coefficient (Wildman–Crippen LogP) is 9.00. The topological polar surface area (TPSA) is 65.2 Å². The number of carbonyl (C=O) groups is 2. The first-order valence-corrected chi connectivity index (χ1v) is 19.4. The van der Waals surface area contributed by atoms with E-state index < -0.39 is 17.3 Å². The zero-order chi connectivity index (χ0) is 34.3. The van der Waals surface area contributed by atoms with Crippen LogP contribution in [0.2, 0.25) is 0 Å². The molecule has 4 bridgehead atoms. The van der Waals surface area contributed by atoms with Gasteiger partial charge in [0.05, 0.1) is 5.56 Å². The lowest BCUT2D eigenvalue weighted by atomic mass is 9.53. The maximum Gasteiger partial charge on any atom is 0.416 e. The first kappa shape index (κ1) is 33.2. The third kappa shape index (κ3) is 5.80. The molecule has 2 heterocycles. The van der Waals surface area contributed by atoms with Crippen LogP contribution in [0.3, 0.4) is 0 Å². The highest BCUT2D eigenvalue weighted by Gasteiger charge is 2.61. The van der Waals surface area contributed by atoms with Crippen molar-refractivity contribution in [2.24, 2.45) is 29.1 Å². The Labute approximate surface area is 291 Å². The molecule has 6 fully saturated rings. The summed E-state index contributed by atoms with van der Waals surface area (Å²) < 4.78 is 40.5. The highest BCUT2D eigenvalue weighted by molar-refractivity contribution is 7.99. The number of fused-ring (bicyclic) bond motifs is 1. The van der Waals surface area contributed by atoms with E-state index in [2.05, 4.69) is 43.2 Å². The van der Waals surface area contributed by atoms with Crippen molar-refractivity contribution < 1.29 is 22.8 Å². The number of aryl methyl sites for hydroxylation is 1. The molecule has 9 rings (SSSR count). The maximum absolute atomic E-state index is 14.9. The van der Waals surface area contributed by atoms with E-state index >= 15 is 0 Å². The SMILES string of the molecule is Cc1[nH]c2ccccc2c1C1C(CC(=O)N(Cc2ccc(C(F)(F)F)cc2)C2(C(=O)NC34CC5CC(CC(C5)C3)C4)CCSCC2)C1(C)C. The van der Waals surface area contributed by atoms with E-state index in [0.717, 1.165) is 54.1 Å². The van der Waals surface area contributed by atoms with Crippen LogP contribution in [0, 0.1) is 36.0 Å². The first-order valence-electron chi connectivity index (χ1n) is 18.2. The van der Waals surface area contributed by atoms with Crippen LogP contribution < -0.4 is 5.32 Å². The Morgan fingerprint density at radius 1 is 0.939 bits per heavy atom. The average Bonchev–Trinajstić information content (AvgIpc) is 3.39. The molecule has 6 aliphatic rings. The Kier molecular flexibility index (Phi) is 8.01. The highest BCUT2D eigenvalue weighted by Crippen LogP contribution is 2.67. The Bertz CT molecular complexity index is 1720. The van der Waals surface area contributed by atoms with Crippen LogP contribution in [0.25, 0.3) is 10.9 Å². The van der Waals surface area contributed by atoms with Gasteiger partial charge in [0.15, 0.2) is 0 Å². The molecule has 2 amide bonds. The average molecular weight is 692 g/mol. The summed E-state index contributed by atoms with van der Waals surface area (Å²) in [5.41, 5.74) is 1.99. The second-order valence-electron chi connectivity index (χ2n) is 16.8. The minimum absolute atomic E-state index is 0.0471. The summed E-state index contributed by atoms with van der Waals surface area (Å²) in [6.07, 6.45) is 3.79. The molecular formula is C40H48F3N3O2S.